The van der Waals surface area contributed by atoms with Crippen molar-refractivity contribution in [3.8, 4) is 0 Å². The molecule has 20 heavy (non-hydrogen) atoms. The van der Waals surface area contributed by atoms with Crippen molar-refractivity contribution < 1.29 is 17.9 Å². The number of nitrogens with two attached hydrogens (primary N) is 1. The summed E-state index contributed by atoms with van der Waals surface area (Å²) in [5, 5.41) is 0. The van der Waals surface area contributed by atoms with E-state index in [1.165, 1.54) is 6.07 Å². The van der Waals surface area contributed by atoms with E-state index in [1.54, 1.807) is 0 Å². The van der Waals surface area contributed by atoms with Crippen LogP contribution in [0.3, 0.4) is 0 Å². The molecule has 0 aromatic heterocycles. The van der Waals surface area contributed by atoms with Gasteiger partial charge in [-0.2, -0.15) is 0 Å². The molecule has 1 atom stereocenters. The number of hydrogen-bond donors (Lipinski definition) is 1. The summed E-state index contributed by atoms with van der Waals surface area (Å²) in [5.41, 5.74) is 5.51. The summed E-state index contributed by atoms with van der Waals surface area (Å²) in [6.45, 7) is 6.23. The van der Waals surface area contributed by atoms with E-state index in [0.29, 0.717) is 26.3 Å². The molecule has 0 aliphatic carbocycles. The summed E-state index contributed by atoms with van der Waals surface area (Å²) in [5.74, 6) is -3.89. The molecular weight excluding hydrogens is 269 g/mol. The molecule has 0 bridgehead atoms. The second-order valence-electron chi connectivity index (χ2n) is 5.50. The minimum atomic E-state index is -1.48. The quantitative estimate of drug-likeness (QED) is 0.867. The van der Waals surface area contributed by atoms with E-state index in [4.69, 9.17) is 10.5 Å². The third-order valence-electron chi connectivity index (χ3n) is 3.99. The molecule has 3 nitrogen and oxygen atoms in total. The summed E-state index contributed by atoms with van der Waals surface area (Å²) in [6.07, 6.45) is 0. The first-order valence-electron chi connectivity index (χ1n) is 6.57. The highest BCUT2D eigenvalue weighted by Crippen LogP contribution is 2.32. The molecule has 1 aromatic rings. The van der Waals surface area contributed by atoms with E-state index in [-0.39, 0.29) is 5.56 Å². The Bertz CT molecular complexity index is 488. The van der Waals surface area contributed by atoms with Gasteiger partial charge in [-0.15, -0.1) is 0 Å². The fraction of sp³-hybridized carbons (Fsp3) is 0.571. The third kappa shape index (κ3) is 2.68. The predicted octanol–water partition coefficient (Wildman–Crippen LogP) is 2.21. The minimum absolute atomic E-state index is 0.0135. The molecule has 1 saturated heterocycles. The standard InChI is InChI=1S/C14H19F3N2O/c1-14(2,19-5-7-20-8-6-19)13(18)9-3-4-10(15)12(17)11(9)16/h3-4,13H,5-8,18H2,1-2H3. The summed E-state index contributed by atoms with van der Waals surface area (Å²) in [7, 11) is 0. The molecule has 0 spiro atoms. The predicted molar refractivity (Wildman–Crippen MR) is 69.7 cm³/mol. The maximum absolute atomic E-state index is 13.9. The zero-order valence-electron chi connectivity index (χ0n) is 11.6. The second-order valence-corrected chi connectivity index (χ2v) is 5.50. The van der Waals surface area contributed by atoms with Crippen LogP contribution in [-0.2, 0) is 4.74 Å². The summed E-state index contributed by atoms with van der Waals surface area (Å²) < 4.78 is 45.5. The number of benzene rings is 1. The van der Waals surface area contributed by atoms with Crippen LogP contribution in [0.25, 0.3) is 0 Å². The van der Waals surface area contributed by atoms with Crippen LogP contribution in [0.15, 0.2) is 12.1 Å². The van der Waals surface area contributed by atoms with Gasteiger partial charge in [-0.1, -0.05) is 6.07 Å². The molecule has 1 aliphatic heterocycles. The molecule has 6 heteroatoms. The van der Waals surface area contributed by atoms with Crippen molar-refractivity contribution in [1.82, 2.24) is 4.90 Å². The smallest absolute Gasteiger partial charge is 0.194 e. The molecule has 2 rings (SSSR count). The zero-order chi connectivity index (χ0) is 14.9. The topological polar surface area (TPSA) is 38.5 Å². The van der Waals surface area contributed by atoms with Gasteiger partial charge >= 0.3 is 0 Å². The number of ether oxygens (including phenoxy) is 1. The van der Waals surface area contributed by atoms with Crippen molar-refractivity contribution in [2.75, 3.05) is 26.3 Å². The number of rotatable bonds is 3. The zero-order valence-corrected chi connectivity index (χ0v) is 11.6. The van der Waals surface area contributed by atoms with Gasteiger partial charge < -0.3 is 10.5 Å². The Morgan fingerprint density at radius 1 is 1.15 bits per heavy atom. The molecule has 1 aromatic carbocycles. The van der Waals surface area contributed by atoms with Crippen LogP contribution in [0.4, 0.5) is 13.2 Å². The molecule has 0 amide bonds. The van der Waals surface area contributed by atoms with Crippen LogP contribution < -0.4 is 5.73 Å². The lowest BCUT2D eigenvalue weighted by Crippen LogP contribution is -2.55. The van der Waals surface area contributed by atoms with Gasteiger partial charge in [0.05, 0.1) is 19.3 Å². The first-order valence-corrected chi connectivity index (χ1v) is 6.57. The van der Waals surface area contributed by atoms with E-state index < -0.39 is 29.0 Å². The summed E-state index contributed by atoms with van der Waals surface area (Å²) in [4.78, 5) is 2.07. The SMILES string of the molecule is CC(C)(C(N)c1ccc(F)c(F)c1F)N1CCOCC1. The molecule has 112 valence electrons. The van der Waals surface area contributed by atoms with Gasteiger partial charge in [0.2, 0.25) is 0 Å². The largest absolute Gasteiger partial charge is 0.379 e. The van der Waals surface area contributed by atoms with Crippen LogP contribution in [-0.4, -0.2) is 36.7 Å². The number of morpholine rings is 1. The first-order chi connectivity index (χ1) is 9.35. The van der Waals surface area contributed by atoms with E-state index in [1.807, 2.05) is 13.8 Å². The lowest BCUT2D eigenvalue weighted by Gasteiger charge is -2.44. The Morgan fingerprint density at radius 3 is 2.35 bits per heavy atom. The van der Waals surface area contributed by atoms with Crippen LogP contribution in [0.1, 0.15) is 25.5 Å². The lowest BCUT2D eigenvalue weighted by molar-refractivity contribution is -0.0194. The van der Waals surface area contributed by atoms with Gasteiger partial charge in [0, 0.05) is 24.2 Å². The van der Waals surface area contributed by atoms with Gasteiger partial charge in [0.15, 0.2) is 17.5 Å². The highest BCUT2D eigenvalue weighted by molar-refractivity contribution is 5.26. The molecule has 1 unspecified atom stereocenters. The normalized spacial score (nSPS) is 19.1. The molecule has 1 fully saturated rings. The Hall–Kier alpha value is -1.11. The fourth-order valence-electron chi connectivity index (χ4n) is 2.50. The number of hydrogen-bond acceptors (Lipinski definition) is 3. The van der Waals surface area contributed by atoms with Crippen molar-refractivity contribution in [2.45, 2.75) is 25.4 Å². The van der Waals surface area contributed by atoms with Gasteiger partial charge in [-0.25, -0.2) is 13.2 Å². The van der Waals surface area contributed by atoms with Crippen LogP contribution in [0.5, 0.6) is 0 Å². The highest BCUT2D eigenvalue weighted by Gasteiger charge is 2.37. The van der Waals surface area contributed by atoms with E-state index >= 15 is 0 Å². The Kier molecular flexibility index (Phi) is 4.36. The fourth-order valence-corrected chi connectivity index (χ4v) is 2.50. The van der Waals surface area contributed by atoms with Crippen LogP contribution in [0, 0.1) is 17.5 Å². The minimum Gasteiger partial charge on any atom is -0.379 e. The van der Waals surface area contributed by atoms with Gasteiger partial charge in [-0.3, -0.25) is 4.90 Å². The van der Waals surface area contributed by atoms with Gasteiger partial charge in [0.25, 0.3) is 0 Å². The van der Waals surface area contributed by atoms with Gasteiger partial charge in [-0.05, 0) is 19.9 Å². The molecule has 1 heterocycles. The molecule has 0 saturated carbocycles. The van der Waals surface area contributed by atoms with E-state index in [0.717, 1.165) is 6.07 Å². The average molecular weight is 288 g/mol. The van der Waals surface area contributed by atoms with E-state index in [9.17, 15) is 13.2 Å². The number of halogens is 3. The third-order valence-corrected chi connectivity index (χ3v) is 3.99. The van der Waals surface area contributed by atoms with Crippen molar-refractivity contribution in [1.29, 1.82) is 0 Å². The van der Waals surface area contributed by atoms with E-state index in [2.05, 4.69) is 4.90 Å². The lowest BCUT2D eigenvalue weighted by atomic mass is 9.87. The van der Waals surface area contributed by atoms with Crippen molar-refractivity contribution in [3.05, 3.63) is 35.1 Å². The molecule has 0 radical (unpaired) electrons. The monoisotopic (exact) mass is 288 g/mol. The Labute approximate surface area is 116 Å². The average Bonchev–Trinajstić information content (AvgIpc) is 2.45. The number of nitrogens with zero attached hydrogens (tertiary/aromatic N) is 1. The maximum atomic E-state index is 13.9. The summed E-state index contributed by atoms with van der Waals surface area (Å²) >= 11 is 0. The molecular formula is C14H19F3N2O. The van der Waals surface area contributed by atoms with Crippen LogP contribution in [0.2, 0.25) is 0 Å². The molecule has 2 N–H and O–H groups in total. The Morgan fingerprint density at radius 2 is 1.75 bits per heavy atom. The first kappa shape index (κ1) is 15.3. The van der Waals surface area contributed by atoms with Crippen molar-refractivity contribution >= 4 is 0 Å². The summed E-state index contributed by atoms with van der Waals surface area (Å²) in [6, 6.07) is 1.35. The van der Waals surface area contributed by atoms with Crippen LogP contribution >= 0.6 is 0 Å². The Balaban J connectivity index is 2.29. The van der Waals surface area contributed by atoms with Crippen molar-refractivity contribution in [2.24, 2.45) is 5.73 Å². The second kappa shape index (κ2) is 5.71. The highest BCUT2D eigenvalue weighted by atomic mass is 19.2. The maximum Gasteiger partial charge on any atom is 0.194 e. The van der Waals surface area contributed by atoms with Crippen molar-refractivity contribution in [3.63, 3.8) is 0 Å². The molecule has 1 aliphatic rings. The van der Waals surface area contributed by atoms with Gasteiger partial charge in [0.1, 0.15) is 0 Å².